The van der Waals surface area contributed by atoms with Crippen molar-refractivity contribution in [2.24, 2.45) is 0 Å². The Hall–Kier alpha value is -2.61. The molecule has 0 fully saturated rings. The minimum atomic E-state index is -5.17. The summed E-state index contributed by atoms with van der Waals surface area (Å²) in [6, 6.07) is 22.8. The largest absolute Gasteiger partial charge is 0.759 e. The van der Waals surface area contributed by atoms with Gasteiger partial charge in [-0.2, -0.15) is 0 Å². The Labute approximate surface area is 295 Å². The summed E-state index contributed by atoms with van der Waals surface area (Å²) in [5.74, 6) is 0. The maximum Gasteiger partial charge on any atom is 0.168 e. The van der Waals surface area contributed by atoms with E-state index in [0.29, 0.717) is 0 Å². The topological polar surface area (TPSA) is 88.0 Å². The monoisotopic (exact) mass is 684 g/mol. The Morgan fingerprint density at radius 1 is 0.438 bits per heavy atom. The number of benzene rings is 1. The molecule has 3 aromatic rings. The minimum Gasteiger partial charge on any atom is -0.759 e. The molecular weight excluding hydrogens is 617 g/mol. The van der Waals surface area contributed by atoms with Crippen LogP contribution in [0.4, 0.5) is 0 Å². The first kappa shape index (κ1) is 45.4. The zero-order chi connectivity index (χ0) is 35.4. The van der Waals surface area contributed by atoms with E-state index >= 15 is 0 Å². The first-order chi connectivity index (χ1) is 23.3. The Kier molecular flexibility index (Phi) is 32.4. The standard InChI is InChI=1S/2C17H30N.C7H8.H2O4S/c2*1-2-3-4-5-6-7-8-9-10-12-15-18-16-13-11-14-17-18;1-7-5-3-2-4-6-7;1-5(2,3)4/h2*11,13-14,16-17H,2-10,12,15H2,1H3;2-6H,1H3;(H2,1,2,3,4)/q2*+1;;/p-2. The Balaban J connectivity index is 0.000000688. The van der Waals surface area contributed by atoms with Gasteiger partial charge in [-0.1, -0.05) is 165 Å². The van der Waals surface area contributed by atoms with E-state index in [1.807, 2.05) is 18.2 Å². The van der Waals surface area contributed by atoms with Crippen LogP contribution in [0, 0.1) is 6.92 Å². The third-order valence-electron chi connectivity index (χ3n) is 8.03. The predicted molar refractivity (Wildman–Crippen MR) is 199 cm³/mol. The summed E-state index contributed by atoms with van der Waals surface area (Å²) in [5.41, 5.74) is 1.32. The maximum atomic E-state index is 8.52. The molecule has 0 atom stereocenters. The first-order valence-corrected chi connectivity index (χ1v) is 20.2. The number of unbranched alkanes of at least 4 members (excludes halogenated alkanes) is 18. The zero-order valence-corrected chi connectivity index (χ0v) is 31.5. The average Bonchev–Trinajstić information content (AvgIpc) is 3.08. The summed E-state index contributed by atoms with van der Waals surface area (Å²) < 4.78 is 38.6. The zero-order valence-electron chi connectivity index (χ0n) is 30.7. The van der Waals surface area contributed by atoms with Gasteiger partial charge in [0.05, 0.1) is 0 Å². The van der Waals surface area contributed by atoms with Crippen molar-refractivity contribution in [2.75, 3.05) is 0 Å². The molecule has 0 aliphatic carbocycles. The van der Waals surface area contributed by atoms with Crippen molar-refractivity contribution in [3.63, 3.8) is 0 Å². The van der Waals surface area contributed by atoms with Gasteiger partial charge in [0, 0.05) is 47.5 Å². The lowest BCUT2D eigenvalue weighted by Crippen LogP contribution is -2.32. The van der Waals surface area contributed by atoms with Crippen LogP contribution in [-0.4, -0.2) is 17.5 Å². The van der Waals surface area contributed by atoms with Gasteiger partial charge in [-0.15, -0.1) is 0 Å². The number of hydrogen-bond donors (Lipinski definition) is 0. The molecule has 0 N–H and O–H groups in total. The number of rotatable bonds is 22. The lowest BCUT2D eigenvalue weighted by Gasteiger charge is -2.06. The molecule has 2 heterocycles. The fourth-order valence-corrected chi connectivity index (χ4v) is 5.26. The van der Waals surface area contributed by atoms with Crippen molar-refractivity contribution in [1.29, 1.82) is 0 Å². The normalized spacial score (nSPS) is 10.5. The fourth-order valence-electron chi connectivity index (χ4n) is 5.26. The van der Waals surface area contributed by atoms with Crippen molar-refractivity contribution < 1.29 is 26.7 Å². The molecule has 0 saturated heterocycles. The van der Waals surface area contributed by atoms with Crippen LogP contribution in [0.1, 0.15) is 148 Å². The lowest BCUT2D eigenvalue weighted by atomic mass is 10.1. The van der Waals surface area contributed by atoms with E-state index in [4.69, 9.17) is 17.5 Å². The van der Waals surface area contributed by atoms with Gasteiger partial charge < -0.3 is 9.11 Å². The number of pyridine rings is 2. The molecule has 272 valence electrons. The van der Waals surface area contributed by atoms with Gasteiger partial charge in [-0.05, 0) is 19.8 Å². The highest BCUT2D eigenvalue weighted by Crippen LogP contribution is 2.11. The van der Waals surface area contributed by atoms with Crippen LogP contribution in [0.2, 0.25) is 0 Å². The summed E-state index contributed by atoms with van der Waals surface area (Å²) in [4.78, 5) is 0. The molecular formula is C41H68N2O4S. The summed E-state index contributed by atoms with van der Waals surface area (Å²) >= 11 is 0. The summed E-state index contributed by atoms with van der Waals surface area (Å²) in [7, 11) is -5.17. The Morgan fingerprint density at radius 2 is 0.688 bits per heavy atom. The average molecular weight is 685 g/mol. The van der Waals surface area contributed by atoms with E-state index in [1.165, 1.54) is 147 Å². The van der Waals surface area contributed by atoms with Crippen molar-refractivity contribution in [3.8, 4) is 0 Å². The highest BCUT2D eigenvalue weighted by molar-refractivity contribution is 7.79. The van der Waals surface area contributed by atoms with Gasteiger partial charge in [-0.25, -0.2) is 9.13 Å². The third-order valence-corrected chi connectivity index (χ3v) is 8.03. The van der Waals surface area contributed by atoms with Crippen LogP contribution in [0.5, 0.6) is 0 Å². The van der Waals surface area contributed by atoms with Crippen LogP contribution >= 0.6 is 0 Å². The second-order valence-corrected chi connectivity index (χ2v) is 13.5. The van der Waals surface area contributed by atoms with Gasteiger partial charge in [0.1, 0.15) is 13.1 Å². The van der Waals surface area contributed by atoms with Crippen molar-refractivity contribution in [2.45, 2.75) is 162 Å². The van der Waals surface area contributed by atoms with Crippen molar-refractivity contribution >= 4 is 10.4 Å². The number of hydrogen-bond acceptors (Lipinski definition) is 4. The second kappa shape index (κ2) is 34.3. The molecule has 0 bridgehead atoms. The third kappa shape index (κ3) is 37.8. The van der Waals surface area contributed by atoms with E-state index in [1.54, 1.807) is 0 Å². The van der Waals surface area contributed by atoms with Crippen LogP contribution in [0.3, 0.4) is 0 Å². The molecule has 1 aromatic carbocycles. The maximum absolute atomic E-state index is 8.52. The second-order valence-electron chi connectivity index (χ2n) is 12.7. The molecule has 0 aliphatic heterocycles. The van der Waals surface area contributed by atoms with Gasteiger partial charge >= 0.3 is 0 Å². The number of aryl methyl sites for hydroxylation is 3. The molecule has 3 rings (SSSR count). The number of nitrogens with zero attached hydrogens (tertiary/aromatic N) is 2. The van der Waals surface area contributed by atoms with Gasteiger partial charge in [-0.3, -0.25) is 8.42 Å². The van der Waals surface area contributed by atoms with E-state index < -0.39 is 10.4 Å². The van der Waals surface area contributed by atoms with Gasteiger partial charge in [0.25, 0.3) is 0 Å². The molecule has 0 saturated carbocycles. The first-order valence-electron chi connectivity index (χ1n) is 18.8. The molecule has 2 aromatic heterocycles. The van der Waals surface area contributed by atoms with Crippen molar-refractivity contribution in [3.05, 3.63) is 97.1 Å². The SMILES string of the molecule is CCCCCCCCCCCC[n+]1ccccc1.CCCCCCCCCCCC[n+]1ccccc1.Cc1ccccc1.O=S(=O)([O-])[O-]. The lowest BCUT2D eigenvalue weighted by molar-refractivity contribution is -0.697. The van der Waals surface area contributed by atoms with Crippen LogP contribution < -0.4 is 9.13 Å². The smallest absolute Gasteiger partial charge is 0.168 e. The van der Waals surface area contributed by atoms with Crippen LogP contribution in [0.15, 0.2) is 91.5 Å². The van der Waals surface area contributed by atoms with E-state index in [9.17, 15) is 0 Å². The molecule has 0 aliphatic rings. The van der Waals surface area contributed by atoms with E-state index in [2.05, 4.69) is 103 Å². The molecule has 6 nitrogen and oxygen atoms in total. The predicted octanol–water partition coefficient (Wildman–Crippen LogP) is 10.4. The molecule has 7 heteroatoms. The fraction of sp³-hybridized carbons (Fsp3) is 0.610. The van der Waals surface area contributed by atoms with E-state index in [-0.39, 0.29) is 0 Å². The quantitative estimate of drug-likeness (QED) is 0.0456. The van der Waals surface area contributed by atoms with Gasteiger partial charge in [0.2, 0.25) is 0 Å². The van der Waals surface area contributed by atoms with Crippen molar-refractivity contribution in [1.82, 2.24) is 0 Å². The van der Waals surface area contributed by atoms with Crippen LogP contribution in [-0.2, 0) is 23.5 Å². The number of aromatic nitrogens is 2. The molecule has 0 radical (unpaired) electrons. The summed E-state index contributed by atoms with van der Waals surface area (Å²) in [6.45, 7) is 9.00. The molecule has 0 spiro atoms. The van der Waals surface area contributed by atoms with Gasteiger partial charge in [0.15, 0.2) is 24.8 Å². The molecule has 0 unspecified atom stereocenters. The molecule has 48 heavy (non-hydrogen) atoms. The molecule has 0 amide bonds. The Morgan fingerprint density at radius 3 is 0.938 bits per heavy atom. The summed E-state index contributed by atoms with van der Waals surface area (Å²) in [6.07, 6.45) is 36.9. The minimum absolute atomic E-state index is 1.18. The highest BCUT2D eigenvalue weighted by Gasteiger charge is 1.99. The van der Waals surface area contributed by atoms with E-state index in [0.717, 1.165) is 0 Å². The highest BCUT2D eigenvalue weighted by atomic mass is 32.3. The Bertz CT molecular complexity index is 1080. The van der Waals surface area contributed by atoms with Crippen LogP contribution in [0.25, 0.3) is 0 Å². The summed E-state index contributed by atoms with van der Waals surface area (Å²) in [5, 5.41) is 0.